The van der Waals surface area contributed by atoms with Gasteiger partial charge in [0.1, 0.15) is 6.67 Å². The molecule has 1 heterocycles. The predicted octanol–water partition coefficient (Wildman–Crippen LogP) is 1.11. The van der Waals surface area contributed by atoms with Crippen LogP contribution in [0.3, 0.4) is 0 Å². The quantitative estimate of drug-likeness (QED) is 0.662. The number of hydrogen-bond donors (Lipinski definition) is 1. The highest BCUT2D eigenvalue weighted by Crippen LogP contribution is 2.17. The monoisotopic (exact) mass is 158 g/mol. The largest absolute Gasteiger partial charge is 0.372 e. The zero-order chi connectivity index (χ0) is 8.27. The average molecular weight is 158 g/mol. The van der Waals surface area contributed by atoms with Gasteiger partial charge in [0.25, 0.3) is 0 Å². The van der Waals surface area contributed by atoms with Gasteiger partial charge in [0, 0.05) is 13.6 Å². The Kier molecular flexibility index (Phi) is 2.74. The van der Waals surface area contributed by atoms with Crippen molar-refractivity contribution in [3.8, 4) is 0 Å². The Morgan fingerprint density at radius 1 is 1.82 bits per heavy atom. The Morgan fingerprint density at radius 2 is 2.55 bits per heavy atom. The number of hydrogen-bond acceptors (Lipinski definition) is 2. The Hall–Kier alpha value is -0.730. The highest BCUT2D eigenvalue weighted by molar-refractivity contribution is 5.08. The van der Waals surface area contributed by atoms with Crippen LogP contribution in [0.1, 0.15) is 13.3 Å². The maximum Gasteiger partial charge on any atom is 0.110 e. The molecule has 0 saturated carbocycles. The van der Waals surface area contributed by atoms with Crippen molar-refractivity contribution in [2.75, 3.05) is 20.3 Å². The molecule has 1 rings (SSSR count). The van der Waals surface area contributed by atoms with Crippen LogP contribution < -0.4 is 5.32 Å². The van der Waals surface area contributed by atoms with Gasteiger partial charge in [0.15, 0.2) is 0 Å². The van der Waals surface area contributed by atoms with Crippen molar-refractivity contribution in [3.63, 3.8) is 0 Å². The fourth-order valence-electron chi connectivity index (χ4n) is 1.29. The molecule has 0 bridgehead atoms. The SMILES string of the molecule is CCNC1=CCC(CF)N1C. The lowest BCUT2D eigenvalue weighted by Crippen LogP contribution is -2.33. The number of alkyl halides is 1. The van der Waals surface area contributed by atoms with Crippen LogP contribution in [0.15, 0.2) is 11.9 Å². The first-order chi connectivity index (χ1) is 5.29. The second-order valence-electron chi connectivity index (χ2n) is 2.77. The van der Waals surface area contributed by atoms with Gasteiger partial charge in [-0.25, -0.2) is 4.39 Å². The van der Waals surface area contributed by atoms with Crippen LogP contribution in [-0.2, 0) is 0 Å². The molecular weight excluding hydrogens is 143 g/mol. The molecule has 1 aliphatic rings. The smallest absolute Gasteiger partial charge is 0.110 e. The Bertz CT molecular complexity index is 156. The number of nitrogens with zero attached hydrogens (tertiary/aromatic N) is 1. The molecule has 0 spiro atoms. The van der Waals surface area contributed by atoms with Gasteiger partial charge >= 0.3 is 0 Å². The van der Waals surface area contributed by atoms with Gasteiger partial charge in [0.05, 0.1) is 11.9 Å². The summed E-state index contributed by atoms with van der Waals surface area (Å²) in [6.07, 6.45) is 2.88. The van der Waals surface area contributed by atoms with Gasteiger partial charge in [-0.15, -0.1) is 0 Å². The highest BCUT2D eigenvalue weighted by atomic mass is 19.1. The summed E-state index contributed by atoms with van der Waals surface area (Å²) in [6, 6.07) is 0.0593. The van der Waals surface area contributed by atoms with E-state index in [0.717, 1.165) is 18.8 Å². The van der Waals surface area contributed by atoms with Gasteiger partial charge in [-0.2, -0.15) is 0 Å². The molecule has 11 heavy (non-hydrogen) atoms. The molecule has 3 heteroatoms. The summed E-state index contributed by atoms with van der Waals surface area (Å²) in [6.45, 7) is 2.68. The molecule has 0 saturated heterocycles. The van der Waals surface area contributed by atoms with Gasteiger partial charge in [-0.1, -0.05) is 0 Å². The summed E-state index contributed by atoms with van der Waals surface area (Å²) >= 11 is 0. The van der Waals surface area contributed by atoms with Crippen molar-refractivity contribution in [3.05, 3.63) is 11.9 Å². The van der Waals surface area contributed by atoms with E-state index in [9.17, 15) is 4.39 Å². The molecule has 1 N–H and O–H groups in total. The van der Waals surface area contributed by atoms with Crippen LogP contribution in [0.25, 0.3) is 0 Å². The van der Waals surface area contributed by atoms with Crippen LogP contribution in [0.2, 0.25) is 0 Å². The minimum absolute atomic E-state index is 0.0593. The van der Waals surface area contributed by atoms with Crippen molar-refractivity contribution in [1.82, 2.24) is 10.2 Å². The van der Waals surface area contributed by atoms with E-state index in [1.165, 1.54) is 0 Å². The third-order valence-corrected chi connectivity index (χ3v) is 2.05. The second-order valence-corrected chi connectivity index (χ2v) is 2.77. The van der Waals surface area contributed by atoms with Crippen LogP contribution in [0.4, 0.5) is 4.39 Å². The molecule has 1 aliphatic heterocycles. The van der Waals surface area contributed by atoms with Crippen molar-refractivity contribution in [2.45, 2.75) is 19.4 Å². The molecule has 1 unspecified atom stereocenters. The summed E-state index contributed by atoms with van der Waals surface area (Å²) in [5.41, 5.74) is 0. The minimum Gasteiger partial charge on any atom is -0.372 e. The first-order valence-electron chi connectivity index (χ1n) is 4.02. The molecule has 1 atom stereocenters. The first kappa shape index (κ1) is 8.37. The summed E-state index contributed by atoms with van der Waals surface area (Å²) in [5.74, 6) is 1.06. The summed E-state index contributed by atoms with van der Waals surface area (Å²) in [7, 11) is 1.92. The van der Waals surface area contributed by atoms with Gasteiger partial charge in [-0.3, -0.25) is 0 Å². The molecule has 0 aromatic heterocycles. The van der Waals surface area contributed by atoms with Crippen molar-refractivity contribution < 1.29 is 4.39 Å². The van der Waals surface area contributed by atoms with E-state index >= 15 is 0 Å². The van der Waals surface area contributed by atoms with Crippen LogP contribution >= 0.6 is 0 Å². The summed E-state index contributed by atoms with van der Waals surface area (Å²) in [4.78, 5) is 1.96. The normalized spacial score (nSPS) is 23.7. The summed E-state index contributed by atoms with van der Waals surface area (Å²) < 4.78 is 12.3. The van der Waals surface area contributed by atoms with Crippen molar-refractivity contribution >= 4 is 0 Å². The van der Waals surface area contributed by atoms with Gasteiger partial charge < -0.3 is 10.2 Å². The number of halogens is 1. The van der Waals surface area contributed by atoms with Gasteiger partial charge in [0.2, 0.25) is 0 Å². The predicted molar refractivity (Wildman–Crippen MR) is 43.9 cm³/mol. The summed E-state index contributed by atoms with van der Waals surface area (Å²) in [5, 5.41) is 3.18. The van der Waals surface area contributed by atoms with E-state index in [4.69, 9.17) is 0 Å². The fraction of sp³-hybridized carbons (Fsp3) is 0.750. The lowest BCUT2D eigenvalue weighted by Gasteiger charge is -2.23. The van der Waals surface area contributed by atoms with E-state index in [1.54, 1.807) is 0 Å². The Labute approximate surface area is 67.1 Å². The molecule has 0 aromatic carbocycles. The fourth-order valence-corrected chi connectivity index (χ4v) is 1.29. The molecule has 0 radical (unpaired) electrons. The van der Waals surface area contributed by atoms with E-state index in [2.05, 4.69) is 5.32 Å². The molecule has 0 aromatic rings. The topological polar surface area (TPSA) is 15.3 Å². The molecule has 0 amide bonds. The zero-order valence-electron chi connectivity index (χ0n) is 7.10. The molecule has 64 valence electrons. The number of nitrogens with one attached hydrogen (secondary N) is 1. The second kappa shape index (κ2) is 3.60. The Morgan fingerprint density at radius 3 is 3.00 bits per heavy atom. The maximum atomic E-state index is 12.3. The van der Waals surface area contributed by atoms with Crippen LogP contribution in [0.5, 0.6) is 0 Å². The van der Waals surface area contributed by atoms with E-state index < -0.39 is 0 Å². The number of rotatable bonds is 3. The lowest BCUT2D eigenvalue weighted by molar-refractivity contribution is 0.258. The van der Waals surface area contributed by atoms with Crippen LogP contribution in [0, 0.1) is 0 Å². The first-order valence-corrected chi connectivity index (χ1v) is 4.02. The standard InChI is InChI=1S/C8H15FN2/c1-3-10-8-5-4-7(6-9)11(8)2/h5,7,10H,3-4,6H2,1-2H3. The van der Waals surface area contributed by atoms with Crippen molar-refractivity contribution in [2.24, 2.45) is 0 Å². The van der Waals surface area contributed by atoms with Gasteiger partial charge in [-0.05, 0) is 19.4 Å². The van der Waals surface area contributed by atoms with Crippen molar-refractivity contribution in [1.29, 1.82) is 0 Å². The third-order valence-electron chi connectivity index (χ3n) is 2.05. The zero-order valence-corrected chi connectivity index (χ0v) is 7.10. The Balaban J connectivity index is 2.45. The molecule has 2 nitrogen and oxygen atoms in total. The minimum atomic E-state index is -0.262. The highest BCUT2D eigenvalue weighted by Gasteiger charge is 2.21. The molecular formula is C8H15FN2. The lowest BCUT2D eigenvalue weighted by atomic mass is 10.3. The molecule has 0 fully saturated rings. The third kappa shape index (κ3) is 1.64. The van der Waals surface area contributed by atoms with E-state index in [-0.39, 0.29) is 12.7 Å². The van der Waals surface area contributed by atoms with E-state index in [0.29, 0.717) is 0 Å². The maximum absolute atomic E-state index is 12.3. The molecule has 0 aliphatic carbocycles. The van der Waals surface area contributed by atoms with E-state index in [1.807, 2.05) is 24.9 Å². The van der Waals surface area contributed by atoms with Crippen LogP contribution in [-0.4, -0.2) is 31.2 Å². The average Bonchev–Trinajstić information content (AvgIpc) is 2.34.